The summed E-state index contributed by atoms with van der Waals surface area (Å²) >= 11 is 0. The Balaban J connectivity index is 2.28. The molecule has 0 unspecified atom stereocenters. The molecule has 14 heavy (non-hydrogen) atoms. The molecule has 0 saturated carbocycles. The van der Waals surface area contributed by atoms with E-state index < -0.39 is 25.2 Å². The topological polar surface area (TPSA) is 29.5 Å². The van der Waals surface area contributed by atoms with Gasteiger partial charge in [-0.1, -0.05) is 30.3 Å². The van der Waals surface area contributed by atoms with Gasteiger partial charge in [0, 0.05) is 11.1 Å². The molecule has 0 aliphatic carbocycles. The molecule has 0 aromatic heterocycles. The fourth-order valence-electron chi connectivity index (χ4n) is 1.55. The van der Waals surface area contributed by atoms with Crippen LogP contribution in [0, 0.1) is 0 Å². The van der Waals surface area contributed by atoms with Crippen LogP contribution in [-0.2, 0) is 4.74 Å². The monoisotopic (exact) mass is 194 g/mol. The van der Waals surface area contributed by atoms with E-state index in [0.29, 0.717) is 0 Å². The molecule has 1 fully saturated rings. The summed E-state index contributed by atoms with van der Waals surface area (Å²) in [5.41, 5.74) is 0.806. The van der Waals surface area contributed by atoms with Crippen molar-refractivity contribution < 1.29 is 13.6 Å². The quantitative estimate of drug-likeness (QED) is 0.686. The third-order valence-corrected chi connectivity index (χ3v) is 2.40. The lowest BCUT2D eigenvalue weighted by Gasteiger charge is -2.16. The van der Waals surface area contributed by atoms with Gasteiger partial charge in [-0.3, -0.25) is 0 Å². The predicted molar refractivity (Wildman–Crippen MR) is 52.9 cm³/mol. The van der Waals surface area contributed by atoms with Gasteiger partial charge in [-0.2, -0.15) is 0 Å². The van der Waals surface area contributed by atoms with Crippen LogP contribution in [0.3, 0.4) is 0 Å². The van der Waals surface area contributed by atoms with Gasteiger partial charge in [0.1, 0.15) is 6.10 Å². The zero-order valence-electron chi connectivity index (χ0n) is 10.8. The highest BCUT2D eigenvalue weighted by molar-refractivity contribution is 5.70. The number of rotatable bonds is 1. The second-order valence-corrected chi connectivity index (χ2v) is 3.33. The average Bonchev–Trinajstić information content (AvgIpc) is 2.54. The van der Waals surface area contributed by atoms with Gasteiger partial charge in [-0.05, 0) is 12.5 Å². The molecular formula is C11H13NO2. The average molecular weight is 194 g/mol. The molecule has 74 valence electrons. The van der Waals surface area contributed by atoms with Crippen molar-refractivity contribution in [1.82, 2.24) is 4.90 Å². The van der Waals surface area contributed by atoms with Crippen LogP contribution in [0.2, 0.25) is 0 Å². The Hall–Kier alpha value is -1.51. The Morgan fingerprint density at radius 1 is 1.43 bits per heavy atom. The van der Waals surface area contributed by atoms with Crippen molar-refractivity contribution in [2.45, 2.75) is 19.1 Å². The van der Waals surface area contributed by atoms with Crippen LogP contribution in [0.4, 0.5) is 4.79 Å². The lowest BCUT2D eigenvalue weighted by molar-refractivity contribution is 0.131. The molecule has 3 nitrogen and oxygen atoms in total. The number of hydrogen-bond donors (Lipinski definition) is 0. The number of carbonyl (C=O) groups is 1. The van der Waals surface area contributed by atoms with Gasteiger partial charge in [0.25, 0.3) is 0 Å². The van der Waals surface area contributed by atoms with Crippen LogP contribution in [-0.4, -0.2) is 24.0 Å². The summed E-state index contributed by atoms with van der Waals surface area (Å²) in [4.78, 5) is 12.4. The predicted octanol–water partition coefficient (Wildman–Crippen LogP) is 2.20. The molecule has 0 bridgehead atoms. The molecule has 1 heterocycles. The van der Waals surface area contributed by atoms with E-state index in [2.05, 4.69) is 0 Å². The van der Waals surface area contributed by atoms with Crippen molar-refractivity contribution in [2.24, 2.45) is 0 Å². The smallest absolute Gasteiger partial charge is 0.410 e. The molecular weight excluding hydrogens is 178 g/mol. The van der Waals surface area contributed by atoms with E-state index in [0.717, 1.165) is 10.5 Å². The first-order valence-corrected chi connectivity index (χ1v) is 4.46. The van der Waals surface area contributed by atoms with Gasteiger partial charge in [-0.25, -0.2) is 4.79 Å². The number of hydrogen-bond acceptors (Lipinski definition) is 2. The van der Waals surface area contributed by atoms with Crippen LogP contribution in [0.5, 0.6) is 0 Å². The fourth-order valence-corrected chi connectivity index (χ4v) is 1.55. The standard InChI is InChI=1S/C11H13NO2/c1-8-10(14-11(13)12(8)2)9-6-4-3-5-7-9/h3-8,10H,1-2H3/t8-,10+/m0/s1/i2D3. The molecule has 1 aliphatic heterocycles. The van der Waals surface area contributed by atoms with Crippen LogP contribution in [0.1, 0.15) is 22.7 Å². The molecule has 2 rings (SSSR count). The fraction of sp³-hybridized carbons (Fsp3) is 0.364. The second-order valence-electron chi connectivity index (χ2n) is 3.33. The third kappa shape index (κ3) is 1.35. The summed E-state index contributed by atoms with van der Waals surface area (Å²) in [6, 6.07) is 8.64. The summed E-state index contributed by atoms with van der Waals surface area (Å²) in [7, 11) is 0. The number of likely N-dealkylation sites (N-methyl/N-ethyl adjacent to an activating group) is 1. The summed E-state index contributed by atoms with van der Waals surface area (Å²) < 4.78 is 27.0. The minimum atomic E-state index is -2.46. The maximum Gasteiger partial charge on any atom is 0.410 e. The number of carbonyl (C=O) groups excluding carboxylic acids is 1. The molecule has 1 amide bonds. The zero-order chi connectivity index (χ0) is 12.6. The van der Waals surface area contributed by atoms with Crippen LogP contribution >= 0.6 is 0 Å². The van der Waals surface area contributed by atoms with Crippen molar-refractivity contribution in [3.8, 4) is 0 Å². The van der Waals surface area contributed by atoms with Crippen molar-refractivity contribution in [1.29, 1.82) is 0 Å². The molecule has 3 heteroatoms. The maximum atomic E-state index is 11.6. The van der Waals surface area contributed by atoms with E-state index in [1.54, 1.807) is 6.92 Å². The molecule has 2 atom stereocenters. The zero-order valence-corrected chi connectivity index (χ0v) is 7.81. The number of cyclic esters (lactones) is 1. The molecule has 0 radical (unpaired) electrons. The van der Waals surface area contributed by atoms with Crippen molar-refractivity contribution in [3.63, 3.8) is 0 Å². The largest absolute Gasteiger partial charge is 0.439 e. The third-order valence-electron chi connectivity index (χ3n) is 2.40. The number of amides is 1. The van der Waals surface area contributed by atoms with Crippen molar-refractivity contribution in [3.05, 3.63) is 35.9 Å². The van der Waals surface area contributed by atoms with Crippen LogP contribution in [0.15, 0.2) is 30.3 Å². The summed E-state index contributed by atoms with van der Waals surface area (Å²) in [5, 5.41) is 0. The molecule has 1 aromatic rings. The highest BCUT2D eigenvalue weighted by Crippen LogP contribution is 2.30. The number of benzene rings is 1. The van der Waals surface area contributed by atoms with E-state index in [-0.39, 0.29) is 0 Å². The Kier molecular flexibility index (Phi) is 1.44. The van der Waals surface area contributed by atoms with Gasteiger partial charge >= 0.3 is 6.09 Å². The van der Waals surface area contributed by atoms with Gasteiger partial charge in [0.2, 0.25) is 0 Å². The van der Waals surface area contributed by atoms with Gasteiger partial charge < -0.3 is 9.64 Å². The molecule has 1 saturated heterocycles. The minimum Gasteiger partial charge on any atom is -0.439 e. The van der Waals surface area contributed by atoms with E-state index in [9.17, 15) is 4.79 Å². The Labute approximate surface area is 87.5 Å². The summed E-state index contributed by atoms with van der Waals surface area (Å²) in [5.74, 6) is 0. The van der Waals surface area contributed by atoms with Gasteiger partial charge in [0.15, 0.2) is 0 Å². The minimum absolute atomic E-state index is 0.502. The maximum absolute atomic E-state index is 11.6. The highest BCUT2D eigenvalue weighted by atomic mass is 16.6. The number of ether oxygens (including phenoxy) is 1. The normalized spacial score (nSPS) is 30.5. The SMILES string of the molecule is [2H]C([2H])([2H])N1C(=O)O[C@@H](c2ccccc2)[C@@H]1C. The van der Waals surface area contributed by atoms with E-state index in [4.69, 9.17) is 8.85 Å². The van der Waals surface area contributed by atoms with Gasteiger partial charge in [-0.15, -0.1) is 0 Å². The Bertz CT molecular complexity index is 418. The first-order valence-electron chi connectivity index (χ1n) is 5.96. The lowest BCUT2D eigenvalue weighted by Crippen LogP contribution is -2.27. The van der Waals surface area contributed by atoms with Crippen molar-refractivity contribution >= 4 is 6.09 Å². The summed E-state index contributed by atoms with van der Waals surface area (Å²) in [6.07, 6.45) is -1.31. The van der Waals surface area contributed by atoms with Crippen molar-refractivity contribution in [2.75, 3.05) is 6.98 Å². The van der Waals surface area contributed by atoms with E-state index in [1.165, 1.54) is 0 Å². The molecule has 0 spiro atoms. The van der Waals surface area contributed by atoms with E-state index in [1.807, 2.05) is 30.3 Å². The Morgan fingerprint density at radius 2 is 2.14 bits per heavy atom. The molecule has 1 aliphatic rings. The summed E-state index contributed by atoms with van der Waals surface area (Å²) in [6.45, 7) is -0.783. The number of nitrogens with zero attached hydrogens (tertiary/aromatic N) is 1. The van der Waals surface area contributed by atoms with Crippen LogP contribution < -0.4 is 0 Å². The van der Waals surface area contributed by atoms with Gasteiger partial charge in [0.05, 0.1) is 6.04 Å². The highest BCUT2D eigenvalue weighted by Gasteiger charge is 2.36. The molecule has 1 aromatic carbocycles. The lowest BCUT2D eigenvalue weighted by atomic mass is 10.0. The van der Waals surface area contributed by atoms with Crippen LogP contribution in [0.25, 0.3) is 0 Å². The first-order chi connectivity index (χ1) is 7.91. The first kappa shape index (κ1) is 6.06. The second kappa shape index (κ2) is 3.33. The molecule has 0 N–H and O–H groups in total. The van der Waals surface area contributed by atoms with E-state index >= 15 is 0 Å². The Morgan fingerprint density at radius 3 is 2.71 bits per heavy atom.